The van der Waals surface area contributed by atoms with E-state index in [1.54, 1.807) is 11.9 Å². The molecule has 32 heavy (non-hydrogen) atoms. The van der Waals surface area contributed by atoms with Crippen LogP contribution >= 0.6 is 0 Å². The summed E-state index contributed by atoms with van der Waals surface area (Å²) in [7, 11) is 1.77. The van der Waals surface area contributed by atoms with Gasteiger partial charge in [0.05, 0.1) is 6.61 Å². The van der Waals surface area contributed by atoms with Gasteiger partial charge in [0.2, 0.25) is 11.8 Å². The highest BCUT2D eigenvalue weighted by Crippen LogP contribution is 2.27. The number of fused-ring (bicyclic) bond motifs is 1. The van der Waals surface area contributed by atoms with E-state index in [9.17, 15) is 9.59 Å². The number of benzene rings is 3. The molecular weight excluding hydrogens is 404 g/mol. The summed E-state index contributed by atoms with van der Waals surface area (Å²) < 4.78 is 11.6. The number of ether oxygens (including phenoxy) is 2. The van der Waals surface area contributed by atoms with E-state index in [0.29, 0.717) is 25.9 Å². The third-order valence-corrected chi connectivity index (χ3v) is 5.35. The Morgan fingerprint density at radius 2 is 1.66 bits per heavy atom. The normalized spacial score (nSPS) is 12.5. The van der Waals surface area contributed by atoms with E-state index in [4.69, 9.17) is 9.47 Å². The third-order valence-electron chi connectivity index (χ3n) is 5.35. The molecule has 6 heteroatoms. The monoisotopic (exact) mass is 430 g/mol. The zero-order valence-electron chi connectivity index (χ0n) is 18.0. The van der Waals surface area contributed by atoms with Crippen LogP contribution in [0.2, 0.25) is 0 Å². The van der Waals surface area contributed by atoms with Crippen molar-refractivity contribution >= 4 is 23.2 Å². The minimum atomic E-state index is 0.0264. The smallest absolute Gasteiger partial charge is 0.226 e. The number of nitrogens with zero attached hydrogens (tertiary/aromatic N) is 1. The molecule has 3 aromatic carbocycles. The number of anilines is 2. The van der Waals surface area contributed by atoms with Crippen LogP contribution in [-0.4, -0.2) is 25.5 Å². The van der Waals surface area contributed by atoms with Crippen molar-refractivity contribution in [2.75, 3.05) is 23.9 Å². The molecule has 1 aliphatic heterocycles. The van der Waals surface area contributed by atoms with Crippen LogP contribution in [0.5, 0.6) is 17.2 Å². The Morgan fingerprint density at radius 1 is 0.938 bits per heavy atom. The van der Waals surface area contributed by atoms with E-state index in [2.05, 4.69) is 5.32 Å². The van der Waals surface area contributed by atoms with Crippen molar-refractivity contribution in [1.29, 1.82) is 0 Å². The quantitative estimate of drug-likeness (QED) is 0.500. The Balaban J connectivity index is 1.23. The van der Waals surface area contributed by atoms with Gasteiger partial charge in [0.1, 0.15) is 17.2 Å². The fourth-order valence-electron chi connectivity index (χ4n) is 3.54. The highest BCUT2D eigenvalue weighted by atomic mass is 16.5. The number of carbonyl (C=O) groups is 2. The van der Waals surface area contributed by atoms with Crippen molar-refractivity contribution in [2.45, 2.75) is 25.7 Å². The molecule has 0 unspecified atom stereocenters. The molecule has 3 aromatic rings. The van der Waals surface area contributed by atoms with E-state index in [1.807, 2.05) is 72.8 Å². The Hall–Kier alpha value is -3.80. The van der Waals surface area contributed by atoms with Crippen molar-refractivity contribution in [1.82, 2.24) is 0 Å². The second-order valence-corrected chi connectivity index (χ2v) is 7.68. The summed E-state index contributed by atoms with van der Waals surface area (Å²) in [4.78, 5) is 25.6. The molecule has 0 aliphatic carbocycles. The minimum Gasteiger partial charge on any atom is -0.494 e. The summed E-state index contributed by atoms with van der Waals surface area (Å²) in [5, 5.41) is 2.86. The largest absolute Gasteiger partial charge is 0.494 e. The Kier molecular flexibility index (Phi) is 6.70. The third kappa shape index (κ3) is 5.46. The molecule has 6 nitrogen and oxygen atoms in total. The average molecular weight is 431 g/mol. The topological polar surface area (TPSA) is 67.9 Å². The highest BCUT2D eigenvalue weighted by molar-refractivity contribution is 5.94. The number of hydrogen-bond donors (Lipinski definition) is 1. The molecule has 164 valence electrons. The summed E-state index contributed by atoms with van der Waals surface area (Å²) in [6.07, 6.45) is 2.22. The lowest BCUT2D eigenvalue weighted by Gasteiger charge is -2.19. The maximum atomic E-state index is 12.6. The van der Waals surface area contributed by atoms with Crippen LogP contribution < -0.4 is 19.7 Å². The predicted octanol–water partition coefficient (Wildman–Crippen LogP) is 5.19. The summed E-state index contributed by atoms with van der Waals surface area (Å²) in [5.41, 5.74) is 2.75. The summed E-state index contributed by atoms with van der Waals surface area (Å²) in [5.74, 6) is 2.33. The summed E-state index contributed by atoms with van der Waals surface area (Å²) in [6, 6.07) is 22.7. The van der Waals surface area contributed by atoms with Crippen LogP contribution in [0.3, 0.4) is 0 Å². The number of para-hydroxylation sites is 1. The van der Waals surface area contributed by atoms with E-state index in [0.717, 1.165) is 40.6 Å². The molecule has 0 fully saturated rings. The van der Waals surface area contributed by atoms with Gasteiger partial charge in [0.15, 0.2) is 0 Å². The minimum absolute atomic E-state index is 0.0264. The lowest BCUT2D eigenvalue weighted by atomic mass is 10.0. The molecule has 0 atom stereocenters. The van der Waals surface area contributed by atoms with E-state index in [-0.39, 0.29) is 11.8 Å². The maximum absolute atomic E-state index is 12.6. The number of hydrogen-bond acceptors (Lipinski definition) is 4. The first kappa shape index (κ1) is 21.4. The Labute approximate surface area is 187 Å². The van der Waals surface area contributed by atoms with Crippen LogP contribution in [0, 0.1) is 0 Å². The zero-order valence-corrected chi connectivity index (χ0v) is 18.0. The standard InChI is InChI=1S/C26H26N2O4/c1-28(20-10-12-22(13-11-20)32-21-6-3-2-4-7-21)26(30)8-5-17-31-23-14-15-24-19(18-23)9-16-25(29)27-24/h2-4,6-7,10-15,18H,5,8-9,16-17H2,1H3,(H,27,29). The van der Waals surface area contributed by atoms with E-state index < -0.39 is 0 Å². The van der Waals surface area contributed by atoms with E-state index in [1.165, 1.54) is 0 Å². The molecule has 0 saturated heterocycles. The first-order chi connectivity index (χ1) is 15.6. The SMILES string of the molecule is CN(C(=O)CCCOc1ccc2c(c1)CCC(=O)N2)c1ccc(Oc2ccccc2)cc1. The summed E-state index contributed by atoms with van der Waals surface area (Å²) >= 11 is 0. The Bertz CT molecular complexity index is 1080. The molecule has 1 heterocycles. The predicted molar refractivity (Wildman–Crippen MR) is 124 cm³/mol. The second kappa shape index (κ2) is 10.0. The van der Waals surface area contributed by atoms with Crippen LogP contribution in [0.15, 0.2) is 72.8 Å². The molecular formula is C26H26N2O4. The molecule has 1 aliphatic rings. The van der Waals surface area contributed by atoms with Crippen molar-refractivity contribution in [3.63, 3.8) is 0 Å². The lowest BCUT2D eigenvalue weighted by Crippen LogP contribution is -2.26. The van der Waals surface area contributed by atoms with Crippen molar-refractivity contribution < 1.29 is 19.1 Å². The average Bonchev–Trinajstić information content (AvgIpc) is 2.82. The molecule has 0 saturated carbocycles. The lowest BCUT2D eigenvalue weighted by molar-refractivity contribution is -0.118. The molecule has 2 amide bonds. The van der Waals surface area contributed by atoms with Crippen LogP contribution in [0.1, 0.15) is 24.8 Å². The second-order valence-electron chi connectivity index (χ2n) is 7.68. The number of carbonyl (C=O) groups excluding carboxylic acids is 2. The fraction of sp³-hybridized carbons (Fsp3) is 0.231. The van der Waals surface area contributed by atoms with Gasteiger partial charge in [-0.3, -0.25) is 9.59 Å². The van der Waals surface area contributed by atoms with Gasteiger partial charge in [-0.15, -0.1) is 0 Å². The molecule has 0 bridgehead atoms. The van der Waals surface area contributed by atoms with Crippen molar-refractivity contribution in [3.05, 3.63) is 78.4 Å². The van der Waals surface area contributed by atoms with Gasteiger partial charge in [0.25, 0.3) is 0 Å². The van der Waals surface area contributed by atoms with Crippen LogP contribution in [-0.2, 0) is 16.0 Å². The fourth-order valence-corrected chi connectivity index (χ4v) is 3.54. The first-order valence-corrected chi connectivity index (χ1v) is 10.7. The van der Waals surface area contributed by atoms with E-state index >= 15 is 0 Å². The van der Waals surface area contributed by atoms with Gasteiger partial charge in [0, 0.05) is 31.3 Å². The van der Waals surface area contributed by atoms with Crippen molar-refractivity contribution in [2.24, 2.45) is 0 Å². The zero-order chi connectivity index (χ0) is 22.3. The van der Waals surface area contributed by atoms with Crippen LogP contribution in [0.25, 0.3) is 0 Å². The number of rotatable bonds is 8. The van der Waals surface area contributed by atoms with Crippen LogP contribution in [0.4, 0.5) is 11.4 Å². The number of aryl methyl sites for hydroxylation is 1. The van der Waals surface area contributed by atoms with Gasteiger partial charge in [-0.1, -0.05) is 18.2 Å². The molecule has 4 rings (SSSR count). The van der Waals surface area contributed by atoms with Gasteiger partial charge in [-0.2, -0.15) is 0 Å². The number of amides is 2. The molecule has 1 N–H and O–H groups in total. The van der Waals surface area contributed by atoms with Gasteiger partial charge in [-0.05, 0) is 73.0 Å². The molecule has 0 radical (unpaired) electrons. The van der Waals surface area contributed by atoms with Gasteiger partial charge < -0.3 is 19.7 Å². The molecule has 0 aromatic heterocycles. The van der Waals surface area contributed by atoms with Gasteiger partial charge >= 0.3 is 0 Å². The first-order valence-electron chi connectivity index (χ1n) is 10.7. The Morgan fingerprint density at radius 3 is 2.44 bits per heavy atom. The van der Waals surface area contributed by atoms with Gasteiger partial charge in [-0.25, -0.2) is 0 Å². The summed E-state index contributed by atoms with van der Waals surface area (Å²) in [6.45, 7) is 0.453. The highest BCUT2D eigenvalue weighted by Gasteiger charge is 2.15. The van der Waals surface area contributed by atoms with Crippen molar-refractivity contribution in [3.8, 4) is 17.2 Å². The maximum Gasteiger partial charge on any atom is 0.226 e. The molecule has 0 spiro atoms. The number of nitrogens with one attached hydrogen (secondary N) is 1.